The average molecular weight is 503 g/mol. The van der Waals surface area contributed by atoms with Crippen LogP contribution in [0.4, 0.5) is 0 Å². The highest BCUT2D eigenvalue weighted by molar-refractivity contribution is 5.69. The molecule has 1 aromatic carbocycles. The molecule has 0 spiro atoms. The van der Waals surface area contributed by atoms with Crippen molar-refractivity contribution >= 4 is 5.97 Å². The summed E-state index contributed by atoms with van der Waals surface area (Å²) in [6.07, 6.45) is 30.3. The predicted octanol–water partition coefficient (Wildman–Crippen LogP) is 10.4. The molecule has 0 radical (unpaired) electrons. The molecule has 0 atom stereocenters. The Hall–Kier alpha value is -1.51. The number of carbonyl (C=O) groups is 1. The molecule has 3 nitrogen and oxygen atoms in total. The van der Waals surface area contributed by atoms with Gasteiger partial charge in [-0.1, -0.05) is 147 Å². The summed E-state index contributed by atoms with van der Waals surface area (Å²) in [5.74, 6) is 0.798. The molecule has 36 heavy (non-hydrogen) atoms. The third-order valence-electron chi connectivity index (χ3n) is 7.30. The lowest BCUT2D eigenvalue weighted by Crippen LogP contribution is -2.07. The van der Waals surface area contributed by atoms with Gasteiger partial charge in [-0.3, -0.25) is 4.79 Å². The van der Waals surface area contributed by atoms with E-state index in [9.17, 15) is 4.79 Å². The second kappa shape index (κ2) is 25.2. The number of benzene rings is 1. The quantitative estimate of drug-likeness (QED) is 0.0933. The van der Waals surface area contributed by atoms with Gasteiger partial charge in [0, 0.05) is 12.8 Å². The van der Waals surface area contributed by atoms with E-state index in [2.05, 4.69) is 6.92 Å². The van der Waals surface area contributed by atoms with Crippen LogP contribution in [0.1, 0.15) is 154 Å². The Labute approximate surface area is 224 Å². The third kappa shape index (κ3) is 20.7. The summed E-state index contributed by atoms with van der Waals surface area (Å²) < 4.78 is 10.5. The molecule has 0 heterocycles. The zero-order valence-electron chi connectivity index (χ0n) is 24.0. The van der Waals surface area contributed by atoms with Gasteiger partial charge in [-0.15, -0.1) is 0 Å². The van der Waals surface area contributed by atoms with E-state index in [1.54, 1.807) is 7.11 Å². The summed E-state index contributed by atoms with van der Waals surface area (Å²) in [7, 11) is 1.67. The number of rotatable bonds is 26. The van der Waals surface area contributed by atoms with Crippen LogP contribution in [-0.2, 0) is 16.0 Å². The van der Waals surface area contributed by atoms with Crippen LogP contribution in [0.25, 0.3) is 0 Å². The highest BCUT2D eigenvalue weighted by atomic mass is 16.5. The monoisotopic (exact) mass is 502 g/mol. The summed E-state index contributed by atoms with van der Waals surface area (Å²) >= 11 is 0. The molecule has 208 valence electrons. The summed E-state index contributed by atoms with van der Waals surface area (Å²) in [6, 6.07) is 7.92. The molecule has 0 N–H and O–H groups in total. The zero-order valence-corrected chi connectivity index (χ0v) is 24.0. The van der Waals surface area contributed by atoms with Crippen molar-refractivity contribution in [1.29, 1.82) is 0 Å². The minimum absolute atomic E-state index is 0.0543. The van der Waals surface area contributed by atoms with Gasteiger partial charge in [0.25, 0.3) is 0 Å². The summed E-state index contributed by atoms with van der Waals surface area (Å²) in [5, 5.41) is 0. The molecule has 0 amide bonds. The van der Waals surface area contributed by atoms with Crippen molar-refractivity contribution in [2.45, 2.75) is 155 Å². The van der Waals surface area contributed by atoms with Crippen LogP contribution in [0.3, 0.4) is 0 Å². The fourth-order valence-electron chi connectivity index (χ4n) is 4.85. The van der Waals surface area contributed by atoms with E-state index in [1.165, 1.54) is 122 Å². The molecule has 1 rings (SSSR count). The molecule has 0 aliphatic heterocycles. The summed E-state index contributed by atoms with van der Waals surface area (Å²) in [5.41, 5.74) is 1.16. The molecular formula is C33H58O3. The molecule has 0 unspecified atom stereocenters. The van der Waals surface area contributed by atoms with Crippen molar-refractivity contribution < 1.29 is 14.3 Å². The van der Waals surface area contributed by atoms with Crippen LogP contribution in [-0.4, -0.2) is 19.7 Å². The molecule has 0 aliphatic carbocycles. The maximum absolute atomic E-state index is 11.9. The average Bonchev–Trinajstić information content (AvgIpc) is 2.90. The summed E-state index contributed by atoms with van der Waals surface area (Å²) in [4.78, 5) is 11.9. The fourth-order valence-corrected chi connectivity index (χ4v) is 4.85. The number of hydrogen-bond acceptors (Lipinski definition) is 3. The lowest BCUT2D eigenvalue weighted by atomic mass is 10.0. The number of unbranched alkanes of at least 4 members (excludes halogenated alkanes) is 20. The van der Waals surface area contributed by atoms with E-state index in [4.69, 9.17) is 9.47 Å². The van der Waals surface area contributed by atoms with Crippen LogP contribution in [0.2, 0.25) is 0 Å². The highest BCUT2D eigenvalue weighted by Crippen LogP contribution is 2.16. The van der Waals surface area contributed by atoms with E-state index in [1.807, 2.05) is 24.3 Å². The van der Waals surface area contributed by atoms with Gasteiger partial charge in [0.2, 0.25) is 0 Å². The molecule has 1 aromatic rings. The fraction of sp³-hybridized carbons (Fsp3) is 0.788. The highest BCUT2D eigenvalue weighted by Gasteiger charge is 2.03. The van der Waals surface area contributed by atoms with E-state index in [-0.39, 0.29) is 5.97 Å². The number of esters is 1. The third-order valence-corrected chi connectivity index (χ3v) is 7.30. The van der Waals surface area contributed by atoms with E-state index >= 15 is 0 Å². The normalized spacial score (nSPS) is 11.1. The molecule has 0 fully saturated rings. The Morgan fingerprint density at radius 2 is 0.972 bits per heavy atom. The summed E-state index contributed by atoms with van der Waals surface area (Å²) in [6.45, 7) is 2.75. The van der Waals surface area contributed by atoms with Crippen molar-refractivity contribution in [3.63, 3.8) is 0 Å². The van der Waals surface area contributed by atoms with Gasteiger partial charge in [-0.2, -0.15) is 0 Å². The molecule has 0 saturated heterocycles. The van der Waals surface area contributed by atoms with Gasteiger partial charge in [-0.25, -0.2) is 0 Å². The maximum Gasteiger partial charge on any atom is 0.305 e. The first-order valence-corrected chi connectivity index (χ1v) is 15.5. The molecule has 0 bridgehead atoms. The topological polar surface area (TPSA) is 35.5 Å². The van der Waals surface area contributed by atoms with Gasteiger partial charge in [0.15, 0.2) is 0 Å². The molecule has 0 aliphatic rings. The Morgan fingerprint density at radius 1 is 0.583 bits per heavy atom. The number of methoxy groups -OCH3 is 1. The first kappa shape index (κ1) is 32.5. The van der Waals surface area contributed by atoms with Crippen LogP contribution in [0.15, 0.2) is 24.3 Å². The van der Waals surface area contributed by atoms with E-state index in [0.717, 1.165) is 30.6 Å². The second-order valence-electron chi connectivity index (χ2n) is 10.6. The van der Waals surface area contributed by atoms with Crippen LogP contribution < -0.4 is 4.74 Å². The first-order valence-electron chi connectivity index (χ1n) is 15.5. The minimum Gasteiger partial charge on any atom is -0.497 e. The molecule has 0 aromatic heterocycles. The van der Waals surface area contributed by atoms with Crippen molar-refractivity contribution in [2.24, 2.45) is 0 Å². The smallest absolute Gasteiger partial charge is 0.305 e. The molecule has 3 heteroatoms. The van der Waals surface area contributed by atoms with Crippen molar-refractivity contribution in [2.75, 3.05) is 13.7 Å². The lowest BCUT2D eigenvalue weighted by molar-refractivity contribution is -0.143. The maximum atomic E-state index is 11.9. The lowest BCUT2D eigenvalue weighted by Gasteiger charge is -2.06. The van der Waals surface area contributed by atoms with Crippen molar-refractivity contribution in [3.8, 4) is 5.75 Å². The largest absolute Gasteiger partial charge is 0.497 e. The Bertz CT molecular complexity index is 595. The standard InChI is InChI=1S/C33H58O3/c1-3-4-5-6-7-8-9-10-11-12-13-14-15-16-17-18-19-20-21-22-23-24-33(34)36-30-29-31-25-27-32(35-2)28-26-31/h25-28H,3-24,29-30H2,1-2H3. The first-order chi connectivity index (χ1) is 17.8. The van der Waals surface area contributed by atoms with E-state index < -0.39 is 0 Å². The minimum atomic E-state index is -0.0543. The van der Waals surface area contributed by atoms with Crippen molar-refractivity contribution in [3.05, 3.63) is 29.8 Å². The van der Waals surface area contributed by atoms with Crippen LogP contribution in [0.5, 0.6) is 5.75 Å². The Balaban J connectivity index is 1.74. The SMILES string of the molecule is CCCCCCCCCCCCCCCCCCCCCCCC(=O)OCCc1ccc(OC)cc1. The van der Waals surface area contributed by atoms with E-state index in [0.29, 0.717) is 13.0 Å². The Morgan fingerprint density at radius 3 is 1.36 bits per heavy atom. The predicted molar refractivity (Wildman–Crippen MR) is 155 cm³/mol. The van der Waals surface area contributed by atoms with Crippen molar-refractivity contribution in [1.82, 2.24) is 0 Å². The second-order valence-corrected chi connectivity index (χ2v) is 10.6. The Kier molecular flexibility index (Phi) is 22.7. The number of hydrogen-bond donors (Lipinski definition) is 0. The van der Waals surface area contributed by atoms with Crippen LogP contribution in [0, 0.1) is 0 Å². The van der Waals surface area contributed by atoms with Gasteiger partial charge < -0.3 is 9.47 Å². The number of ether oxygens (including phenoxy) is 2. The van der Waals surface area contributed by atoms with Gasteiger partial charge in [0.1, 0.15) is 5.75 Å². The van der Waals surface area contributed by atoms with Gasteiger partial charge in [-0.05, 0) is 24.1 Å². The van der Waals surface area contributed by atoms with Gasteiger partial charge >= 0.3 is 5.97 Å². The van der Waals surface area contributed by atoms with Gasteiger partial charge in [0.05, 0.1) is 13.7 Å². The molecule has 0 saturated carbocycles. The molecular weight excluding hydrogens is 444 g/mol. The van der Waals surface area contributed by atoms with Crippen LogP contribution >= 0.6 is 0 Å². The zero-order chi connectivity index (χ0) is 25.9. The number of carbonyl (C=O) groups excluding carboxylic acids is 1.